The fourth-order valence-corrected chi connectivity index (χ4v) is 3.49. The van der Waals surface area contributed by atoms with Crippen LogP contribution in [0, 0.1) is 0 Å². The van der Waals surface area contributed by atoms with E-state index in [2.05, 4.69) is 9.97 Å². The molecule has 2 heterocycles. The van der Waals surface area contributed by atoms with E-state index in [1.165, 1.54) is 18.8 Å². The smallest absolute Gasteiger partial charge is 0.342 e. The molecule has 0 atom stereocenters. The van der Waals surface area contributed by atoms with E-state index in [9.17, 15) is 14.4 Å². The van der Waals surface area contributed by atoms with E-state index >= 15 is 0 Å². The number of aromatic amines is 1. The minimum atomic E-state index is -0.600. The van der Waals surface area contributed by atoms with Crippen LogP contribution in [-0.4, -0.2) is 39.3 Å². The van der Waals surface area contributed by atoms with Gasteiger partial charge < -0.3 is 18.8 Å². The Morgan fingerprint density at radius 3 is 2.50 bits per heavy atom. The molecule has 0 aliphatic rings. The largest absolute Gasteiger partial charge is 0.497 e. The third kappa shape index (κ3) is 4.53. The SMILES string of the molecule is CCCCn1c(=O)[nH]c(=O)c2c1nc(COC(=O)c1ccc(OC)cc1OC)n2CCC. The molecule has 0 saturated heterocycles. The number of imidazole rings is 1. The van der Waals surface area contributed by atoms with E-state index in [4.69, 9.17) is 14.2 Å². The highest BCUT2D eigenvalue weighted by Gasteiger charge is 2.21. The number of aromatic nitrogens is 4. The van der Waals surface area contributed by atoms with Gasteiger partial charge in [0, 0.05) is 19.2 Å². The van der Waals surface area contributed by atoms with Gasteiger partial charge in [0.1, 0.15) is 29.5 Å². The van der Waals surface area contributed by atoms with Crippen molar-refractivity contribution >= 4 is 17.1 Å². The highest BCUT2D eigenvalue weighted by Crippen LogP contribution is 2.25. The van der Waals surface area contributed by atoms with E-state index in [1.54, 1.807) is 22.8 Å². The number of fused-ring (bicyclic) bond motifs is 1. The zero-order valence-electron chi connectivity index (χ0n) is 18.8. The first-order valence-electron chi connectivity index (χ1n) is 10.6. The highest BCUT2D eigenvalue weighted by atomic mass is 16.5. The summed E-state index contributed by atoms with van der Waals surface area (Å²) >= 11 is 0. The number of ether oxygens (including phenoxy) is 3. The van der Waals surface area contributed by atoms with Crippen LogP contribution < -0.4 is 20.7 Å². The summed E-state index contributed by atoms with van der Waals surface area (Å²) < 4.78 is 19.1. The molecule has 0 fully saturated rings. The lowest BCUT2D eigenvalue weighted by Gasteiger charge is -2.11. The first-order valence-corrected chi connectivity index (χ1v) is 10.6. The Balaban J connectivity index is 1.97. The summed E-state index contributed by atoms with van der Waals surface area (Å²) in [6, 6.07) is 4.79. The first-order chi connectivity index (χ1) is 15.4. The topological polar surface area (TPSA) is 117 Å². The number of carbonyl (C=O) groups excluding carboxylic acids is 1. The van der Waals surface area contributed by atoms with Crippen molar-refractivity contribution in [2.24, 2.45) is 0 Å². The average molecular weight is 444 g/mol. The van der Waals surface area contributed by atoms with Crippen LogP contribution in [0.15, 0.2) is 27.8 Å². The van der Waals surface area contributed by atoms with E-state index in [1.807, 2.05) is 13.8 Å². The number of hydrogen-bond donors (Lipinski definition) is 1. The molecule has 0 amide bonds. The summed E-state index contributed by atoms with van der Waals surface area (Å²) in [6.45, 7) is 4.75. The van der Waals surface area contributed by atoms with E-state index in [0.29, 0.717) is 41.6 Å². The molecule has 172 valence electrons. The molecule has 3 rings (SSSR count). The van der Waals surface area contributed by atoms with Crippen molar-refractivity contribution in [2.45, 2.75) is 52.8 Å². The molecule has 0 aliphatic heterocycles. The van der Waals surface area contributed by atoms with Crippen LogP contribution in [0.25, 0.3) is 11.2 Å². The molecule has 0 bridgehead atoms. The summed E-state index contributed by atoms with van der Waals surface area (Å²) in [4.78, 5) is 44.5. The number of benzene rings is 1. The number of esters is 1. The summed E-state index contributed by atoms with van der Waals surface area (Å²) in [6.07, 6.45) is 2.38. The van der Waals surface area contributed by atoms with Gasteiger partial charge in [0.15, 0.2) is 11.2 Å². The van der Waals surface area contributed by atoms with Crippen molar-refractivity contribution in [2.75, 3.05) is 14.2 Å². The Hall–Kier alpha value is -3.56. The summed E-state index contributed by atoms with van der Waals surface area (Å²) in [5.74, 6) is 0.662. The summed E-state index contributed by atoms with van der Waals surface area (Å²) in [5.41, 5.74) is -0.162. The molecule has 0 aliphatic carbocycles. The number of unbranched alkanes of at least 4 members (excludes halogenated alkanes) is 1. The minimum absolute atomic E-state index is 0.163. The van der Waals surface area contributed by atoms with Gasteiger partial charge in [-0.05, 0) is 25.0 Å². The second kappa shape index (κ2) is 10.2. The zero-order chi connectivity index (χ0) is 23.3. The third-order valence-corrected chi connectivity index (χ3v) is 5.11. The summed E-state index contributed by atoms with van der Waals surface area (Å²) in [5, 5.41) is 0. The molecule has 2 aromatic heterocycles. The summed E-state index contributed by atoms with van der Waals surface area (Å²) in [7, 11) is 2.97. The van der Waals surface area contributed by atoms with Crippen LogP contribution in [-0.2, 0) is 24.4 Å². The number of carbonyl (C=O) groups is 1. The molecule has 0 saturated carbocycles. The van der Waals surface area contributed by atoms with Crippen LogP contribution in [0.1, 0.15) is 49.3 Å². The zero-order valence-corrected chi connectivity index (χ0v) is 18.8. The molecular weight excluding hydrogens is 416 g/mol. The lowest BCUT2D eigenvalue weighted by atomic mass is 10.2. The van der Waals surface area contributed by atoms with Crippen molar-refractivity contribution < 1.29 is 19.0 Å². The maximum atomic E-state index is 12.7. The molecule has 32 heavy (non-hydrogen) atoms. The number of nitrogens with one attached hydrogen (secondary N) is 1. The Morgan fingerprint density at radius 2 is 1.84 bits per heavy atom. The van der Waals surface area contributed by atoms with Gasteiger partial charge in [-0.25, -0.2) is 14.6 Å². The molecule has 3 aromatic rings. The number of aryl methyl sites for hydroxylation is 2. The minimum Gasteiger partial charge on any atom is -0.497 e. The number of H-pyrrole nitrogens is 1. The standard InChI is InChI=1S/C22H28N4O6/c1-5-7-11-26-19-18(20(27)24-22(26)29)25(10-6-2)17(23-19)13-32-21(28)15-9-8-14(30-3)12-16(15)31-4/h8-9,12H,5-7,10-11,13H2,1-4H3,(H,24,27,29). The number of hydrogen-bond acceptors (Lipinski definition) is 7. The predicted octanol–water partition coefficient (Wildman–Crippen LogP) is 2.47. The predicted molar refractivity (Wildman–Crippen MR) is 118 cm³/mol. The number of rotatable bonds is 10. The fraction of sp³-hybridized carbons (Fsp3) is 0.455. The van der Waals surface area contributed by atoms with E-state index in [0.717, 1.165) is 19.3 Å². The van der Waals surface area contributed by atoms with E-state index < -0.39 is 17.2 Å². The lowest BCUT2D eigenvalue weighted by Crippen LogP contribution is -2.31. The third-order valence-electron chi connectivity index (χ3n) is 5.11. The fourth-order valence-electron chi connectivity index (χ4n) is 3.49. The van der Waals surface area contributed by atoms with Crippen molar-refractivity contribution in [3.63, 3.8) is 0 Å². The van der Waals surface area contributed by atoms with Gasteiger partial charge in [-0.1, -0.05) is 20.3 Å². The van der Waals surface area contributed by atoms with Crippen LogP contribution >= 0.6 is 0 Å². The molecule has 10 heteroatoms. The van der Waals surface area contributed by atoms with E-state index in [-0.39, 0.29) is 12.2 Å². The molecular formula is C22H28N4O6. The van der Waals surface area contributed by atoms with Crippen LogP contribution in [0.5, 0.6) is 11.5 Å². The van der Waals surface area contributed by atoms with Crippen molar-refractivity contribution in [3.8, 4) is 11.5 Å². The Kier molecular flexibility index (Phi) is 7.34. The highest BCUT2D eigenvalue weighted by molar-refractivity contribution is 5.92. The van der Waals surface area contributed by atoms with Crippen LogP contribution in [0.4, 0.5) is 0 Å². The molecule has 1 N–H and O–H groups in total. The molecule has 0 spiro atoms. The normalized spacial score (nSPS) is 11.0. The molecule has 1 aromatic carbocycles. The number of methoxy groups -OCH3 is 2. The van der Waals surface area contributed by atoms with Gasteiger partial charge in [-0.15, -0.1) is 0 Å². The first kappa shape index (κ1) is 23.1. The number of nitrogens with zero attached hydrogens (tertiary/aromatic N) is 3. The van der Waals surface area contributed by atoms with Gasteiger partial charge >= 0.3 is 11.7 Å². The Labute approximate surface area is 184 Å². The second-order valence-electron chi connectivity index (χ2n) is 7.26. The Morgan fingerprint density at radius 1 is 1.06 bits per heavy atom. The van der Waals surface area contributed by atoms with Crippen LogP contribution in [0.3, 0.4) is 0 Å². The van der Waals surface area contributed by atoms with Crippen LogP contribution in [0.2, 0.25) is 0 Å². The average Bonchev–Trinajstić information content (AvgIpc) is 3.15. The van der Waals surface area contributed by atoms with Crippen molar-refractivity contribution in [3.05, 3.63) is 50.4 Å². The Bertz CT molecular complexity index is 1220. The maximum Gasteiger partial charge on any atom is 0.342 e. The quantitative estimate of drug-likeness (QED) is 0.477. The van der Waals surface area contributed by atoms with Crippen molar-refractivity contribution in [1.29, 1.82) is 0 Å². The maximum absolute atomic E-state index is 12.7. The van der Waals surface area contributed by atoms with Gasteiger partial charge in [0.25, 0.3) is 5.56 Å². The van der Waals surface area contributed by atoms with Gasteiger partial charge in [0.05, 0.1) is 14.2 Å². The molecule has 10 nitrogen and oxygen atoms in total. The van der Waals surface area contributed by atoms with Gasteiger partial charge in [-0.2, -0.15) is 0 Å². The molecule has 0 radical (unpaired) electrons. The van der Waals surface area contributed by atoms with Gasteiger partial charge in [-0.3, -0.25) is 14.3 Å². The van der Waals surface area contributed by atoms with Crippen molar-refractivity contribution in [1.82, 2.24) is 19.1 Å². The molecule has 0 unspecified atom stereocenters. The lowest BCUT2D eigenvalue weighted by molar-refractivity contribution is 0.0454. The van der Waals surface area contributed by atoms with Gasteiger partial charge in [0.2, 0.25) is 0 Å². The monoisotopic (exact) mass is 444 g/mol. The second-order valence-corrected chi connectivity index (χ2v) is 7.26.